The molecule has 0 bridgehead atoms. The normalized spacial score (nSPS) is 16.6. The van der Waals surface area contributed by atoms with Crippen LogP contribution in [-0.2, 0) is 7.05 Å². The molecule has 6 heteroatoms. The van der Waals surface area contributed by atoms with Crippen LogP contribution in [-0.4, -0.2) is 17.8 Å². The summed E-state index contributed by atoms with van der Waals surface area (Å²) in [5.74, 6) is 1.34. The van der Waals surface area contributed by atoms with Gasteiger partial charge in [0.15, 0.2) is 0 Å². The number of hydrogen-bond acceptors (Lipinski definition) is 4. The van der Waals surface area contributed by atoms with Crippen molar-refractivity contribution in [2.45, 2.75) is 42.1 Å². The van der Waals surface area contributed by atoms with E-state index in [0.717, 1.165) is 5.82 Å². The highest BCUT2D eigenvalue weighted by atomic mass is 32.2. The molecule has 0 amide bonds. The number of hydrogen-bond donors (Lipinski definition) is 0. The summed E-state index contributed by atoms with van der Waals surface area (Å²) in [6.07, 6.45) is 4.36. The highest BCUT2D eigenvalue weighted by Crippen LogP contribution is 2.63. The fourth-order valence-electron chi connectivity index (χ4n) is 9.01. The molecule has 7 aromatic rings. The van der Waals surface area contributed by atoms with Gasteiger partial charge in [-0.3, -0.25) is 0 Å². The van der Waals surface area contributed by atoms with Crippen molar-refractivity contribution in [3.05, 3.63) is 167 Å². The van der Waals surface area contributed by atoms with Crippen molar-refractivity contribution < 1.29 is 0 Å². The van der Waals surface area contributed by atoms with Gasteiger partial charge in [-0.15, -0.1) is 0 Å². The Bertz CT molecular complexity index is 2590. The van der Waals surface area contributed by atoms with E-state index < -0.39 is 7.92 Å². The third kappa shape index (κ3) is 4.98. The molecule has 3 aliphatic rings. The summed E-state index contributed by atoms with van der Waals surface area (Å²) in [4.78, 5) is 12.4. The first kappa shape index (κ1) is 33.2. The summed E-state index contributed by atoms with van der Waals surface area (Å²) in [6.45, 7) is 6.95. The van der Waals surface area contributed by atoms with Crippen LogP contribution < -0.4 is 20.4 Å². The van der Waals surface area contributed by atoms with Gasteiger partial charge in [-0.2, -0.15) is 0 Å². The molecule has 4 heterocycles. The van der Waals surface area contributed by atoms with Crippen LogP contribution in [0, 0.1) is 13.8 Å². The van der Waals surface area contributed by atoms with Crippen LogP contribution in [0.4, 0.5) is 34.3 Å². The molecule has 0 aliphatic carbocycles. The van der Waals surface area contributed by atoms with Crippen LogP contribution in [0.1, 0.15) is 46.3 Å². The van der Waals surface area contributed by atoms with Gasteiger partial charge in [0.25, 0.3) is 0 Å². The summed E-state index contributed by atoms with van der Waals surface area (Å²) in [5, 5.41) is 2.79. The molecule has 3 aliphatic heterocycles. The zero-order valence-corrected chi connectivity index (χ0v) is 32.9. The first-order valence-electron chi connectivity index (χ1n) is 18.7. The first-order chi connectivity index (χ1) is 26.4. The minimum atomic E-state index is -0.802. The molecule has 0 saturated heterocycles. The smallest absolute Gasteiger partial charge is 0.136 e. The van der Waals surface area contributed by atoms with E-state index >= 15 is 0 Å². The summed E-state index contributed by atoms with van der Waals surface area (Å²) in [6, 6.07) is 49.9. The van der Waals surface area contributed by atoms with E-state index in [1.54, 1.807) is 0 Å². The molecule has 0 spiro atoms. The summed E-state index contributed by atoms with van der Waals surface area (Å²) in [7, 11) is 3.52. The third-order valence-electron chi connectivity index (χ3n) is 11.6. The minimum absolute atomic E-state index is 0.181. The number of fused-ring (bicyclic) bond motifs is 5. The maximum Gasteiger partial charge on any atom is 0.136 e. The van der Waals surface area contributed by atoms with Gasteiger partial charge in [-0.05, 0) is 96.6 Å². The van der Waals surface area contributed by atoms with E-state index in [0.29, 0.717) is 0 Å². The van der Waals surface area contributed by atoms with E-state index in [4.69, 9.17) is 4.99 Å². The number of benzene rings is 6. The number of aryl methyl sites for hydroxylation is 1. The number of aromatic nitrogens is 1. The lowest BCUT2D eigenvalue weighted by atomic mass is 9.91. The molecule has 0 N–H and O–H groups in total. The SMILES string of the molecule is Cc1c(N2c3ccccc3N(C)c3ccc(-c4cn(C)c5c4C(C)C=N5)c(C)c32)ccc2c1C(P(c1ccccc1)c1ccccc1)c1ccccc1S2. The van der Waals surface area contributed by atoms with Crippen molar-refractivity contribution in [1.29, 1.82) is 0 Å². The molecule has 6 aromatic carbocycles. The van der Waals surface area contributed by atoms with Gasteiger partial charge in [0.2, 0.25) is 0 Å². The van der Waals surface area contributed by atoms with Crippen molar-refractivity contribution in [3.8, 4) is 11.1 Å². The molecule has 4 nitrogen and oxygen atoms in total. The second-order valence-electron chi connectivity index (χ2n) is 14.7. The quantitative estimate of drug-likeness (QED) is 0.164. The van der Waals surface area contributed by atoms with Gasteiger partial charge in [-0.25, -0.2) is 4.99 Å². The Balaban J connectivity index is 1.23. The molecule has 0 fully saturated rings. The van der Waals surface area contributed by atoms with Crippen LogP contribution >= 0.6 is 19.7 Å². The lowest BCUT2D eigenvalue weighted by Crippen LogP contribution is -2.26. The molecule has 2 atom stereocenters. The number of nitrogens with zero attached hydrogens (tertiary/aromatic N) is 4. The fourth-order valence-corrected chi connectivity index (χ4v) is 13.4. The molecule has 264 valence electrons. The van der Waals surface area contributed by atoms with Gasteiger partial charge >= 0.3 is 0 Å². The van der Waals surface area contributed by atoms with E-state index in [2.05, 4.69) is 195 Å². The van der Waals surface area contributed by atoms with Gasteiger partial charge in [0, 0.05) is 64.7 Å². The minimum Gasteiger partial charge on any atom is -0.341 e. The molecule has 1 aromatic heterocycles. The summed E-state index contributed by atoms with van der Waals surface area (Å²) < 4.78 is 2.18. The summed E-state index contributed by atoms with van der Waals surface area (Å²) in [5.41, 5.74) is 15.5. The Labute approximate surface area is 323 Å². The maximum absolute atomic E-state index is 4.80. The second-order valence-corrected chi connectivity index (χ2v) is 18.0. The Morgan fingerprint density at radius 3 is 1.98 bits per heavy atom. The zero-order valence-electron chi connectivity index (χ0n) is 31.2. The molecule has 0 saturated carbocycles. The van der Waals surface area contributed by atoms with Gasteiger partial charge in [-0.1, -0.05) is 116 Å². The van der Waals surface area contributed by atoms with E-state index in [-0.39, 0.29) is 11.6 Å². The zero-order chi connectivity index (χ0) is 36.7. The van der Waals surface area contributed by atoms with Gasteiger partial charge < -0.3 is 14.4 Å². The lowest BCUT2D eigenvalue weighted by Gasteiger charge is -2.42. The van der Waals surface area contributed by atoms with E-state index in [9.17, 15) is 0 Å². The molecular weight excluding hydrogens is 696 g/mol. The fraction of sp³-hybridized carbons (Fsp3) is 0.146. The monoisotopic (exact) mass is 736 g/mol. The number of rotatable bonds is 5. The van der Waals surface area contributed by atoms with Crippen molar-refractivity contribution in [2.24, 2.45) is 12.0 Å². The molecule has 2 unspecified atom stereocenters. The number of anilines is 5. The van der Waals surface area contributed by atoms with Gasteiger partial charge in [0.1, 0.15) is 5.82 Å². The maximum atomic E-state index is 4.80. The van der Waals surface area contributed by atoms with Crippen molar-refractivity contribution in [1.82, 2.24) is 4.57 Å². The Morgan fingerprint density at radius 1 is 0.593 bits per heavy atom. The Morgan fingerprint density at radius 2 is 1.24 bits per heavy atom. The molecule has 10 rings (SSSR count). The van der Waals surface area contributed by atoms with Crippen molar-refractivity contribution in [2.75, 3.05) is 16.8 Å². The van der Waals surface area contributed by atoms with Crippen LogP contribution in [0.25, 0.3) is 11.1 Å². The molecule has 0 radical (unpaired) electrons. The average molecular weight is 737 g/mol. The topological polar surface area (TPSA) is 23.8 Å². The molecular formula is C48H41N4PS. The van der Waals surface area contributed by atoms with Gasteiger partial charge in [0.05, 0.1) is 22.7 Å². The van der Waals surface area contributed by atoms with Crippen molar-refractivity contribution >= 4 is 70.8 Å². The first-order valence-corrected chi connectivity index (χ1v) is 20.9. The predicted molar refractivity (Wildman–Crippen MR) is 231 cm³/mol. The van der Waals surface area contributed by atoms with E-state index in [1.165, 1.54) is 87.8 Å². The average Bonchev–Trinajstić information content (AvgIpc) is 3.76. The summed E-state index contributed by atoms with van der Waals surface area (Å²) >= 11 is 1.92. The number of para-hydroxylation sites is 2. The van der Waals surface area contributed by atoms with Crippen LogP contribution in [0.5, 0.6) is 0 Å². The Hall–Kier alpha value is -5.35. The lowest BCUT2D eigenvalue weighted by molar-refractivity contribution is 0.925. The van der Waals surface area contributed by atoms with Crippen LogP contribution in [0.2, 0.25) is 0 Å². The van der Waals surface area contributed by atoms with Crippen LogP contribution in [0.3, 0.4) is 0 Å². The van der Waals surface area contributed by atoms with Crippen molar-refractivity contribution in [3.63, 3.8) is 0 Å². The Kier molecular flexibility index (Phi) is 7.94. The van der Waals surface area contributed by atoms with E-state index in [1.807, 2.05) is 11.8 Å². The highest BCUT2D eigenvalue weighted by Gasteiger charge is 2.38. The van der Waals surface area contributed by atoms with Crippen LogP contribution in [0.15, 0.2) is 154 Å². The predicted octanol–water partition coefficient (Wildman–Crippen LogP) is 12.4. The second kappa shape index (κ2) is 12.9. The molecule has 54 heavy (non-hydrogen) atoms. The highest BCUT2D eigenvalue weighted by molar-refractivity contribution is 7.99. The largest absolute Gasteiger partial charge is 0.341 e. The standard InChI is InChI=1S/C48H41N4PS/c1-30-28-49-48-44(30)37(29-50(48)4)35-24-25-41-46(31(35)2)52(40-22-14-13-21-39(40)51(41)5)38-26-27-43-45(32(38)3)47(36-20-12-15-23-42(36)54-43)53(33-16-8-6-9-17-33)34-18-10-7-11-19-34/h6-30,47H,1-5H3. The number of aliphatic imine (C=N–C) groups is 1. The third-order valence-corrected chi connectivity index (χ3v) is 15.5.